The Bertz CT molecular complexity index is 691. The fourth-order valence-corrected chi connectivity index (χ4v) is 3.36. The van der Waals surface area contributed by atoms with Gasteiger partial charge in [0.15, 0.2) is 0 Å². The van der Waals surface area contributed by atoms with Gasteiger partial charge in [0.05, 0.1) is 11.4 Å². The first-order chi connectivity index (χ1) is 12.0. The molecule has 1 aromatic carbocycles. The zero-order valence-electron chi connectivity index (χ0n) is 14.6. The van der Waals surface area contributed by atoms with Crippen molar-refractivity contribution in [3.63, 3.8) is 0 Å². The molecule has 1 fully saturated rings. The number of anilines is 2. The summed E-state index contributed by atoms with van der Waals surface area (Å²) < 4.78 is 0. The van der Waals surface area contributed by atoms with Gasteiger partial charge < -0.3 is 20.4 Å². The number of nitrogens with one attached hydrogen (secondary N) is 2. The van der Waals surface area contributed by atoms with Crippen LogP contribution in [0, 0.1) is 0 Å². The van der Waals surface area contributed by atoms with Gasteiger partial charge in [0, 0.05) is 38.0 Å². The third kappa shape index (κ3) is 3.66. The first-order valence-corrected chi connectivity index (χ1v) is 8.69. The predicted molar refractivity (Wildman–Crippen MR) is 95.3 cm³/mol. The normalized spacial score (nSPS) is 23.0. The maximum absolute atomic E-state index is 12.6. The van der Waals surface area contributed by atoms with Crippen LogP contribution in [0.1, 0.15) is 26.7 Å². The molecule has 3 rings (SSSR count). The van der Waals surface area contributed by atoms with Crippen LogP contribution >= 0.6 is 0 Å². The number of amides is 3. The molecule has 25 heavy (non-hydrogen) atoms. The Morgan fingerprint density at radius 3 is 2.68 bits per heavy atom. The van der Waals surface area contributed by atoms with Crippen molar-refractivity contribution in [2.24, 2.45) is 0 Å². The molecule has 1 saturated heterocycles. The van der Waals surface area contributed by atoms with Crippen molar-refractivity contribution in [1.29, 1.82) is 0 Å². The lowest BCUT2D eigenvalue weighted by molar-refractivity contribution is -0.136. The molecule has 1 aromatic rings. The zero-order valence-corrected chi connectivity index (χ0v) is 14.6. The number of fused-ring (bicyclic) bond motifs is 1. The van der Waals surface area contributed by atoms with E-state index < -0.39 is 0 Å². The maximum Gasteiger partial charge on any atom is 0.244 e. The molecule has 0 radical (unpaired) electrons. The second-order valence-electron chi connectivity index (χ2n) is 6.62. The van der Waals surface area contributed by atoms with E-state index in [9.17, 15) is 14.4 Å². The Morgan fingerprint density at radius 1 is 1.16 bits per heavy atom. The van der Waals surface area contributed by atoms with Crippen molar-refractivity contribution in [2.45, 2.75) is 38.8 Å². The summed E-state index contributed by atoms with van der Waals surface area (Å²) in [6.45, 7) is 5.49. The summed E-state index contributed by atoms with van der Waals surface area (Å²) in [5.41, 5.74) is 1.31. The number of carbonyl (C=O) groups excluding carboxylic acids is 3. The summed E-state index contributed by atoms with van der Waals surface area (Å²) in [6, 6.07) is 7.55. The Morgan fingerprint density at radius 2 is 1.88 bits per heavy atom. The molecule has 0 aromatic heterocycles. The highest BCUT2D eigenvalue weighted by Crippen LogP contribution is 2.29. The number of nitrogens with zero attached hydrogens (tertiary/aromatic N) is 2. The van der Waals surface area contributed by atoms with E-state index in [1.54, 1.807) is 12.1 Å². The Kier molecular flexibility index (Phi) is 5.03. The molecular formula is C18H24N4O3. The molecule has 134 valence electrons. The van der Waals surface area contributed by atoms with Crippen LogP contribution in [0.3, 0.4) is 0 Å². The number of rotatable bonds is 3. The third-order valence-corrected chi connectivity index (χ3v) is 4.98. The van der Waals surface area contributed by atoms with Gasteiger partial charge >= 0.3 is 0 Å². The molecule has 0 bridgehead atoms. The lowest BCUT2D eigenvalue weighted by Crippen LogP contribution is -2.57. The highest BCUT2D eigenvalue weighted by molar-refractivity contribution is 6.10. The quantitative estimate of drug-likeness (QED) is 0.856. The van der Waals surface area contributed by atoms with Gasteiger partial charge in [-0.15, -0.1) is 0 Å². The van der Waals surface area contributed by atoms with E-state index >= 15 is 0 Å². The molecule has 2 aliphatic heterocycles. The maximum atomic E-state index is 12.6. The molecule has 0 saturated carbocycles. The third-order valence-electron chi connectivity index (χ3n) is 4.98. The fraction of sp³-hybridized carbons (Fsp3) is 0.500. The number of piperazine rings is 1. The fourth-order valence-electron chi connectivity index (χ4n) is 3.36. The molecule has 7 heteroatoms. The number of hydrogen-bond acceptors (Lipinski definition) is 4. The van der Waals surface area contributed by atoms with Crippen LogP contribution in [-0.4, -0.2) is 54.3 Å². The van der Waals surface area contributed by atoms with Gasteiger partial charge in [-0.3, -0.25) is 14.4 Å². The Labute approximate surface area is 147 Å². The van der Waals surface area contributed by atoms with Crippen LogP contribution < -0.4 is 15.5 Å². The van der Waals surface area contributed by atoms with Gasteiger partial charge in [-0.05, 0) is 26.0 Å². The van der Waals surface area contributed by atoms with Crippen LogP contribution in [0.25, 0.3) is 0 Å². The number of carbonyl (C=O) groups is 3. The molecule has 0 spiro atoms. The zero-order chi connectivity index (χ0) is 18.0. The second kappa shape index (κ2) is 7.23. The van der Waals surface area contributed by atoms with E-state index in [-0.39, 0.29) is 49.2 Å². The highest BCUT2D eigenvalue weighted by Gasteiger charge is 2.30. The molecule has 3 amide bonds. The minimum absolute atomic E-state index is 0.00882. The van der Waals surface area contributed by atoms with Crippen molar-refractivity contribution in [2.75, 3.05) is 29.9 Å². The molecule has 0 aliphatic carbocycles. The summed E-state index contributed by atoms with van der Waals surface area (Å²) in [4.78, 5) is 40.2. The van der Waals surface area contributed by atoms with E-state index in [0.29, 0.717) is 17.9 Å². The SMILES string of the molecule is CC1NCCN(C(=O)CCC(=O)N2CC(=O)Nc3ccccc32)C1C. The summed E-state index contributed by atoms with van der Waals surface area (Å²) in [7, 11) is 0. The van der Waals surface area contributed by atoms with Crippen LogP contribution in [0.5, 0.6) is 0 Å². The molecule has 2 aliphatic rings. The Balaban J connectivity index is 1.63. The van der Waals surface area contributed by atoms with Crippen molar-refractivity contribution in [3.05, 3.63) is 24.3 Å². The van der Waals surface area contributed by atoms with Crippen molar-refractivity contribution < 1.29 is 14.4 Å². The average Bonchev–Trinajstić information content (AvgIpc) is 2.61. The van der Waals surface area contributed by atoms with Crippen molar-refractivity contribution in [1.82, 2.24) is 10.2 Å². The number of hydrogen-bond donors (Lipinski definition) is 2. The summed E-state index contributed by atoms with van der Waals surface area (Å²) in [5, 5.41) is 6.09. The first-order valence-electron chi connectivity index (χ1n) is 8.69. The summed E-state index contributed by atoms with van der Waals surface area (Å²) >= 11 is 0. The molecule has 2 N–H and O–H groups in total. The van der Waals surface area contributed by atoms with Gasteiger partial charge in [-0.25, -0.2) is 0 Å². The van der Waals surface area contributed by atoms with Gasteiger partial charge in [0.1, 0.15) is 6.54 Å². The van der Waals surface area contributed by atoms with E-state index in [2.05, 4.69) is 17.6 Å². The molecule has 2 unspecified atom stereocenters. The van der Waals surface area contributed by atoms with Gasteiger partial charge in [-0.1, -0.05) is 12.1 Å². The molecule has 7 nitrogen and oxygen atoms in total. The van der Waals surface area contributed by atoms with E-state index in [0.717, 1.165) is 6.54 Å². The molecular weight excluding hydrogens is 320 g/mol. The van der Waals surface area contributed by atoms with E-state index in [4.69, 9.17) is 0 Å². The number of benzene rings is 1. The lowest BCUT2D eigenvalue weighted by Gasteiger charge is -2.38. The van der Waals surface area contributed by atoms with Crippen molar-refractivity contribution in [3.8, 4) is 0 Å². The van der Waals surface area contributed by atoms with Crippen LogP contribution in [0.15, 0.2) is 24.3 Å². The van der Waals surface area contributed by atoms with Gasteiger partial charge in [0.2, 0.25) is 17.7 Å². The van der Waals surface area contributed by atoms with Crippen LogP contribution in [-0.2, 0) is 14.4 Å². The van der Waals surface area contributed by atoms with Crippen molar-refractivity contribution >= 4 is 29.1 Å². The molecule has 2 heterocycles. The summed E-state index contributed by atoms with van der Waals surface area (Å²) in [5.74, 6) is -0.432. The second-order valence-corrected chi connectivity index (χ2v) is 6.62. The van der Waals surface area contributed by atoms with Gasteiger partial charge in [0.25, 0.3) is 0 Å². The topological polar surface area (TPSA) is 81.8 Å². The van der Waals surface area contributed by atoms with Crippen LogP contribution in [0.4, 0.5) is 11.4 Å². The minimum atomic E-state index is -0.220. The summed E-state index contributed by atoms with van der Waals surface area (Å²) in [6.07, 6.45) is 0.266. The predicted octanol–water partition coefficient (Wildman–Crippen LogP) is 0.961. The largest absolute Gasteiger partial charge is 0.337 e. The van der Waals surface area contributed by atoms with E-state index in [1.807, 2.05) is 24.0 Å². The molecule has 2 atom stereocenters. The smallest absolute Gasteiger partial charge is 0.244 e. The number of para-hydroxylation sites is 2. The monoisotopic (exact) mass is 344 g/mol. The average molecular weight is 344 g/mol. The lowest BCUT2D eigenvalue weighted by atomic mass is 10.1. The highest BCUT2D eigenvalue weighted by atomic mass is 16.2. The van der Waals surface area contributed by atoms with Crippen LogP contribution in [0.2, 0.25) is 0 Å². The first kappa shape index (κ1) is 17.4. The Hall–Kier alpha value is -2.41. The van der Waals surface area contributed by atoms with Gasteiger partial charge in [-0.2, -0.15) is 0 Å². The standard InChI is InChI=1S/C18H24N4O3/c1-12-13(2)21(10-9-19-12)17(24)7-8-18(25)22-11-16(23)20-14-5-3-4-6-15(14)22/h3-6,12-13,19H,7-11H2,1-2H3,(H,20,23). The van der Waals surface area contributed by atoms with E-state index in [1.165, 1.54) is 4.90 Å². The minimum Gasteiger partial charge on any atom is -0.337 e.